The Balaban J connectivity index is 2.32. The van der Waals surface area contributed by atoms with Crippen LogP contribution in [0.25, 0.3) is 0 Å². The molecule has 3 N–H and O–H groups in total. The van der Waals surface area contributed by atoms with Gasteiger partial charge in [-0.15, -0.1) is 9.97 Å². The van der Waals surface area contributed by atoms with Crippen molar-refractivity contribution in [3.8, 4) is 0 Å². The molecule has 0 fully saturated rings. The second kappa shape index (κ2) is 7.63. The number of benzene rings is 1. The van der Waals surface area contributed by atoms with E-state index in [4.69, 9.17) is 0 Å². The Hall–Kier alpha value is -2.83. The first-order chi connectivity index (χ1) is 11.3. The van der Waals surface area contributed by atoms with E-state index in [-0.39, 0.29) is 17.6 Å². The lowest BCUT2D eigenvalue weighted by atomic mass is 10.2. The lowest BCUT2D eigenvalue weighted by Crippen LogP contribution is -2.74. The van der Waals surface area contributed by atoms with E-state index in [1.54, 1.807) is 26.0 Å². The fourth-order valence-corrected chi connectivity index (χ4v) is 1.93. The summed E-state index contributed by atoms with van der Waals surface area (Å²) >= 11 is 0. The molecule has 0 aliphatic heterocycles. The Kier molecular flexibility index (Phi) is 5.57. The quantitative estimate of drug-likeness (QED) is 0.583. The van der Waals surface area contributed by atoms with E-state index in [2.05, 4.69) is 25.6 Å². The minimum absolute atomic E-state index is 0.170. The van der Waals surface area contributed by atoms with Crippen LogP contribution in [0.15, 0.2) is 30.3 Å². The molecule has 6 nitrogen and oxygen atoms in total. The van der Waals surface area contributed by atoms with Gasteiger partial charge in [-0.25, -0.2) is 14.7 Å². The zero-order chi connectivity index (χ0) is 17.7. The van der Waals surface area contributed by atoms with E-state index < -0.39 is 0 Å². The Morgan fingerprint density at radius 2 is 1.71 bits per heavy atom. The molecule has 7 heteroatoms. The highest BCUT2D eigenvalue weighted by Gasteiger charge is 2.15. The van der Waals surface area contributed by atoms with E-state index in [9.17, 15) is 9.18 Å². The number of carbonyl (C=O) groups is 1. The number of carbonyl (C=O) groups excluding carboxylic acids is 1. The van der Waals surface area contributed by atoms with Gasteiger partial charge in [0.1, 0.15) is 5.82 Å². The maximum absolute atomic E-state index is 13.0. The normalized spacial score (nSPS) is 11.5. The average Bonchev–Trinajstić information content (AvgIpc) is 2.48. The van der Waals surface area contributed by atoms with Gasteiger partial charge in [-0.1, -0.05) is 13.8 Å². The number of hydrogen-bond donors (Lipinski definition) is 3. The van der Waals surface area contributed by atoms with Crippen molar-refractivity contribution in [3.63, 3.8) is 0 Å². The summed E-state index contributed by atoms with van der Waals surface area (Å²) in [5.41, 5.74) is 2.23. The monoisotopic (exact) mass is 330 g/mol. The van der Waals surface area contributed by atoms with Crippen molar-refractivity contribution in [3.05, 3.63) is 47.5 Å². The molecule has 2 rings (SSSR count). The lowest BCUT2D eigenvalue weighted by Gasteiger charge is -2.09. The summed E-state index contributed by atoms with van der Waals surface area (Å²) in [7, 11) is 0. The molecule has 0 saturated carbocycles. The minimum Gasteiger partial charge on any atom is -0.277 e. The number of rotatable bonds is 3. The van der Waals surface area contributed by atoms with E-state index in [0.29, 0.717) is 17.6 Å². The zero-order valence-electron chi connectivity index (χ0n) is 14.1. The van der Waals surface area contributed by atoms with Gasteiger partial charge in [0.15, 0.2) is 0 Å². The summed E-state index contributed by atoms with van der Waals surface area (Å²) in [6.45, 7) is 7.30. The maximum atomic E-state index is 13.0. The predicted molar refractivity (Wildman–Crippen MR) is 90.1 cm³/mol. The Labute approximate surface area is 140 Å². The third-order valence-electron chi connectivity index (χ3n) is 3.11. The molecule has 1 heterocycles. The summed E-state index contributed by atoms with van der Waals surface area (Å²) in [4.78, 5) is 23.6. The highest BCUT2D eigenvalue weighted by molar-refractivity contribution is 6.01. The van der Waals surface area contributed by atoms with Gasteiger partial charge in [-0.2, -0.15) is 0 Å². The number of hydrogen-bond acceptors (Lipinski definition) is 3. The minimum atomic E-state index is -0.334. The van der Waals surface area contributed by atoms with Crippen LogP contribution >= 0.6 is 0 Å². The number of aromatic nitrogens is 2. The van der Waals surface area contributed by atoms with Gasteiger partial charge < -0.3 is 0 Å². The Morgan fingerprint density at radius 3 is 2.25 bits per heavy atom. The van der Waals surface area contributed by atoms with Gasteiger partial charge >= 0.3 is 5.95 Å². The number of nitrogens with zero attached hydrogens (tertiary/aromatic N) is 2. The summed E-state index contributed by atoms with van der Waals surface area (Å²) in [6, 6.07) is 7.65. The molecular weight excluding hydrogens is 309 g/mol. The first kappa shape index (κ1) is 17.5. The number of nitrogens with one attached hydrogen (secondary N) is 3. The smallest absolute Gasteiger partial charge is 0.277 e. The molecule has 1 aromatic heterocycles. The van der Waals surface area contributed by atoms with E-state index in [1.165, 1.54) is 12.1 Å². The molecular formula is C17H21FN5O+. The second-order valence-corrected chi connectivity index (χ2v) is 5.75. The van der Waals surface area contributed by atoms with Crippen LogP contribution in [0.4, 0.5) is 16.0 Å². The van der Waals surface area contributed by atoms with E-state index in [1.807, 2.05) is 19.9 Å². The van der Waals surface area contributed by atoms with E-state index >= 15 is 0 Å². The van der Waals surface area contributed by atoms with Crippen LogP contribution in [-0.2, 0) is 4.79 Å². The van der Waals surface area contributed by atoms with Crippen molar-refractivity contribution < 1.29 is 14.2 Å². The van der Waals surface area contributed by atoms with Gasteiger partial charge in [0, 0.05) is 12.0 Å². The lowest BCUT2D eigenvalue weighted by molar-refractivity contribution is -0.366. The molecule has 1 amide bonds. The second-order valence-electron chi connectivity index (χ2n) is 5.75. The van der Waals surface area contributed by atoms with Crippen LogP contribution in [0.5, 0.6) is 0 Å². The van der Waals surface area contributed by atoms with Gasteiger partial charge in [-0.05, 0) is 38.1 Å². The van der Waals surface area contributed by atoms with Crippen LogP contribution in [0.3, 0.4) is 0 Å². The highest BCUT2D eigenvalue weighted by Crippen LogP contribution is 2.07. The van der Waals surface area contributed by atoms with Gasteiger partial charge in [0.25, 0.3) is 11.9 Å². The van der Waals surface area contributed by atoms with Crippen molar-refractivity contribution >= 4 is 23.5 Å². The number of halogens is 1. The van der Waals surface area contributed by atoms with Crippen LogP contribution in [0, 0.1) is 25.6 Å². The fraction of sp³-hybridized carbons (Fsp3) is 0.294. The van der Waals surface area contributed by atoms with Crippen molar-refractivity contribution in [2.24, 2.45) is 5.92 Å². The molecule has 0 unspecified atom stereocenters. The summed E-state index contributed by atoms with van der Waals surface area (Å²) in [6.07, 6.45) is 0. The average molecular weight is 330 g/mol. The molecule has 1 aromatic carbocycles. The molecule has 0 radical (unpaired) electrons. The highest BCUT2D eigenvalue weighted by atomic mass is 19.1. The number of guanidine groups is 1. The van der Waals surface area contributed by atoms with Crippen LogP contribution in [0.2, 0.25) is 0 Å². The maximum Gasteiger partial charge on any atom is 0.354 e. The number of amides is 1. The third kappa shape index (κ3) is 5.12. The number of anilines is 1. The standard InChI is InChI=1S/C17H20FN5O/c1-10(2)15(24)22-17(21-14-7-5-13(18)6-8-14)23-16-19-11(3)9-12(4)20-16/h5-10H,1-4H3,(H2,19,20,21,22,23,24)/p+1. The SMILES string of the molecule is Cc1cc(C)nc([NH+]=C(NC(=O)C(C)C)Nc2ccc(F)cc2)n1. The van der Waals surface area contributed by atoms with E-state index in [0.717, 1.165) is 11.4 Å². The molecule has 0 spiro atoms. The largest absolute Gasteiger partial charge is 0.354 e. The van der Waals surface area contributed by atoms with Crippen LogP contribution in [0.1, 0.15) is 25.2 Å². The molecule has 0 saturated heterocycles. The van der Waals surface area contributed by atoms with Crippen molar-refractivity contribution in [1.29, 1.82) is 0 Å². The fourth-order valence-electron chi connectivity index (χ4n) is 1.93. The third-order valence-corrected chi connectivity index (χ3v) is 3.11. The predicted octanol–water partition coefficient (Wildman–Crippen LogP) is 1.18. The number of aryl methyl sites for hydroxylation is 2. The van der Waals surface area contributed by atoms with Gasteiger partial charge in [0.05, 0.1) is 17.1 Å². The summed E-state index contributed by atoms with van der Waals surface area (Å²) in [5, 5.41) is 5.76. The van der Waals surface area contributed by atoms with Crippen LogP contribution < -0.4 is 15.6 Å². The van der Waals surface area contributed by atoms with Crippen molar-refractivity contribution in [2.45, 2.75) is 27.7 Å². The van der Waals surface area contributed by atoms with Crippen molar-refractivity contribution in [1.82, 2.24) is 15.3 Å². The van der Waals surface area contributed by atoms with Gasteiger partial charge in [-0.3, -0.25) is 10.1 Å². The molecule has 24 heavy (non-hydrogen) atoms. The Bertz CT molecular complexity index is 736. The zero-order valence-corrected chi connectivity index (χ0v) is 14.1. The molecule has 0 atom stereocenters. The summed E-state index contributed by atoms with van der Waals surface area (Å²) in [5.74, 6) is -0.0288. The first-order valence-corrected chi connectivity index (χ1v) is 7.63. The van der Waals surface area contributed by atoms with Gasteiger partial charge in [0.2, 0.25) is 0 Å². The molecule has 0 bridgehead atoms. The molecule has 0 aliphatic rings. The molecule has 0 aliphatic carbocycles. The molecule has 2 aromatic rings. The molecule has 126 valence electrons. The van der Waals surface area contributed by atoms with Crippen LogP contribution in [-0.4, -0.2) is 21.8 Å². The first-order valence-electron chi connectivity index (χ1n) is 7.63. The Morgan fingerprint density at radius 1 is 1.12 bits per heavy atom. The summed E-state index contributed by atoms with van der Waals surface area (Å²) < 4.78 is 13.0. The topological polar surface area (TPSA) is 80.9 Å². The van der Waals surface area contributed by atoms with Crippen molar-refractivity contribution in [2.75, 3.05) is 5.32 Å².